The maximum absolute atomic E-state index is 8.81. The topological polar surface area (TPSA) is 23.8 Å². The van der Waals surface area contributed by atoms with Crippen LogP contribution in [0.15, 0.2) is 66.7 Å². The van der Waals surface area contributed by atoms with Gasteiger partial charge in [0.15, 0.2) is 0 Å². The van der Waals surface area contributed by atoms with Crippen LogP contribution in [-0.2, 0) is 0 Å². The molecule has 0 N–H and O–H groups in total. The van der Waals surface area contributed by atoms with E-state index in [9.17, 15) is 0 Å². The molecule has 0 radical (unpaired) electrons. The quantitative estimate of drug-likeness (QED) is 0.667. The van der Waals surface area contributed by atoms with Crippen molar-refractivity contribution < 1.29 is 0 Å². The van der Waals surface area contributed by atoms with E-state index in [1.54, 1.807) is 0 Å². The number of hydrogen-bond acceptors (Lipinski definition) is 1. The number of hydrogen-bond donors (Lipinski definition) is 0. The molecule has 0 atom stereocenters. The Balaban J connectivity index is 1.99. The molecule has 0 aliphatic heterocycles. The molecule has 3 aromatic carbocycles. The fraction of sp³-hybridized carbons (Fsp3) is 0. The molecule has 0 aromatic heterocycles. The summed E-state index contributed by atoms with van der Waals surface area (Å²) in [7, 11) is 0. The molecule has 3 rings (SSSR count). The summed E-state index contributed by atoms with van der Waals surface area (Å²) in [6.45, 7) is 0. The first kappa shape index (κ1) is 12.0. The Morgan fingerprint density at radius 3 is 2.32 bits per heavy atom. The van der Waals surface area contributed by atoms with Crippen LogP contribution in [0.25, 0.3) is 10.8 Å². The number of benzene rings is 3. The van der Waals surface area contributed by atoms with Gasteiger partial charge in [0.2, 0.25) is 0 Å². The Kier molecular flexibility index (Phi) is 3.33. The molecule has 0 aliphatic rings. The summed E-state index contributed by atoms with van der Waals surface area (Å²) in [5.41, 5.74) is 0.720. The van der Waals surface area contributed by atoms with Crippen LogP contribution in [-0.4, -0.2) is 15.0 Å². The first-order chi connectivity index (χ1) is 9.36. The van der Waals surface area contributed by atoms with Crippen LogP contribution < -0.4 is 8.92 Å². The molecule has 0 bridgehead atoms. The van der Waals surface area contributed by atoms with Crippen molar-refractivity contribution in [1.29, 1.82) is 5.26 Å². The van der Waals surface area contributed by atoms with E-state index in [0.717, 1.165) is 5.56 Å². The summed E-state index contributed by atoms with van der Waals surface area (Å²) in [5.74, 6) is 0. The Labute approximate surface area is 118 Å². The van der Waals surface area contributed by atoms with Gasteiger partial charge >= 0.3 is 118 Å². The average Bonchev–Trinajstić information content (AvgIpc) is 2.48. The average molecular weight is 308 g/mol. The summed E-state index contributed by atoms with van der Waals surface area (Å²) in [5, 5.41) is 11.4. The van der Waals surface area contributed by atoms with Gasteiger partial charge < -0.3 is 0 Å². The summed E-state index contributed by atoms with van der Waals surface area (Å²) >= 11 is 0.273. The Bertz CT molecular complexity index is 749. The zero-order chi connectivity index (χ0) is 13.1. The molecule has 0 fully saturated rings. The molecule has 0 spiro atoms. The molecule has 0 amide bonds. The summed E-state index contributed by atoms with van der Waals surface area (Å²) in [4.78, 5) is 0. The molecule has 0 heterocycles. The van der Waals surface area contributed by atoms with Gasteiger partial charge in [-0.15, -0.1) is 0 Å². The van der Waals surface area contributed by atoms with Crippen molar-refractivity contribution in [3.05, 3.63) is 72.3 Å². The minimum atomic E-state index is 0.273. The van der Waals surface area contributed by atoms with Crippen LogP contribution in [0.1, 0.15) is 5.56 Å². The Morgan fingerprint density at radius 2 is 1.53 bits per heavy atom. The van der Waals surface area contributed by atoms with Gasteiger partial charge in [0.25, 0.3) is 0 Å². The maximum atomic E-state index is 8.81. The van der Waals surface area contributed by atoms with Gasteiger partial charge in [0.05, 0.1) is 0 Å². The van der Waals surface area contributed by atoms with E-state index < -0.39 is 0 Å². The molecule has 2 heteroatoms. The molecule has 19 heavy (non-hydrogen) atoms. The predicted octanol–water partition coefficient (Wildman–Crippen LogP) is 2.37. The van der Waals surface area contributed by atoms with Crippen molar-refractivity contribution in [3.8, 4) is 6.07 Å². The number of nitrogens with zero attached hydrogens (tertiary/aromatic N) is 1. The van der Waals surface area contributed by atoms with Crippen molar-refractivity contribution in [2.45, 2.75) is 0 Å². The van der Waals surface area contributed by atoms with Crippen molar-refractivity contribution in [3.63, 3.8) is 0 Å². The van der Waals surface area contributed by atoms with Crippen LogP contribution in [0.2, 0.25) is 0 Å². The fourth-order valence-electron chi connectivity index (χ4n) is 2.01. The third-order valence-corrected chi connectivity index (χ3v) is 5.23. The molecule has 0 saturated heterocycles. The normalized spacial score (nSPS) is 10.3. The molecule has 0 unspecified atom stereocenters. The van der Waals surface area contributed by atoms with Gasteiger partial charge in [-0.25, -0.2) is 0 Å². The standard InChI is InChI=1S/C17H11NSe/c18-12-13-8-10-15(11-9-13)19-17-7-3-5-14-4-1-2-6-16(14)17/h1-11H. The van der Waals surface area contributed by atoms with E-state index in [1.165, 1.54) is 19.7 Å². The molecule has 1 nitrogen and oxygen atoms in total. The van der Waals surface area contributed by atoms with E-state index in [-0.39, 0.29) is 15.0 Å². The third-order valence-electron chi connectivity index (χ3n) is 2.96. The summed E-state index contributed by atoms with van der Waals surface area (Å²) in [6.07, 6.45) is 0. The molecule has 90 valence electrons. The van der Waals surface area contributed by atoms with Crippen molar-refractivity contribution in [2.24, 2.45) is 0 Å². The van der Waals surface area contributed by atoms with E-state index in [1.807, 2.05) is 12.1 Å². The molecule has 0 aliphatic carbocycles. The molecule has 0 saturated carbocycles. The number of fused-ring (bicyclic) bond motifs is 1. The second kappa shape index (κ2) is 5.28. The van der Waals surface area contributed by atoms with Crippen molar-refractivity contribution in [2.75, 3.05) is 0 Å². The van der Waals surface area contributed by atoms with E-state index in [2.05, 4.69) is 60.7 Å². The van der Waals surface area contributed by atoms with Gasteiger partial charge in [0, 0.05) is 0 Å². The Morgan fingerprint density at radius 1 is 0.789 bits per heavy atom. The van der Waals surface area contributed by atoms with Gasteiger partial charge in [0.1, 0.15) is 0 Å². The van der Waals surface area contributed by atoms with Crippen LogP contribution in [0.4, 0.5) is 0 Å². The number of rotatable bonds is 2. The third kappa shape index (κ3) is 2.53. The molecular formula is C17H11NSe. The monoisotopic (exact) mass is 309 g/mol. The van der Waals surface area contributed by atoms with Crippen LogP contribution in [0.3, 0.4) is 0 Å². The summed E-state index contributed by atoms with van der Waals surface area (Å²) in [6, 6.07) is 25.0. The van der Waals surface area contributed by atoms with Gasteiger partial charge in [-0.2, -0.15) is 0 Å². The zero-order valence-electron chi connectivity index (χ0n) is 10.2. The second-order valence-electron chi connectivity index (χ2n) is 4.22. The van der Waals surface area contributed by atoms with Gasteiger partial charge in [-0.1, -0.05) is 0 Å². The number of nitriles is 1. The predicted molar refractivity (Wildman–Crippen MR) is 80.1 cm³/mol. The molecule has 3 aromatic rings. The first-order valence-electron chi connectivity index (χ1n) is 6.02. The minimum absolute atomic E-state index is 0.273. The first-order valence-corrected chi connectivity index (χ1v) is 7.74. The van der Waals surface area contributed by atoms with E-state index in [0.29, 0.717) is 0 Å². The second-order valence-corrected chi connectivity index (χ2v) is 6.56. The molecular weight excluding hydrogens is 297 g/mol. The van der Waals surface area contributed by atoms with Crippen molar-refractivity contribution >= 4 is 34.7 Å². The van der Waals surface area contributed by atoms with Crippen LogP contribution in [0, 0.1) is 11.3 Å². The van der Waals surface area contributed by atoms with Gasteiger partial charge in [-0.05, 0) is 0 Å². The SMILES string of the molecule is N#Cc1ccc([Se]c2cccc3ccccc23)cc1. The van der Waals surface area contributed by atoms with E-state index >= 15 is 0 Å². The van der Waals surface area contributed by atoms with Crippen LogP contribution >= 0.6 is 0 Å². The van der Waals surface area contributed by atoms with Gasteiger partial charge in [-0.3, -0.25) is 0 Å². The fourth-order valence-corrected chi connectivity index (χ4v) is 4.04. The van der Waals surface area contributed by atoms with E-state index in [4.69, 9.17) is 5.26 Å². The van der Waals surface area contributed by atoms with Crippen molar-refractivity contribution in [1.82, 2.24) is 0 Å². The zero-order valence-corrected chi connectivity index (χ0v) is 11.9. The summed E-state index contributed by atoms with van der Waals surface area (Å²) < 4.78 is 2.68. The van der Waals surface area contributed by atoms with Crippen LogP contribution in [0.5, 0.6) is 0 Å². The Hall–Kier alpha value is -2.07.